The maximum Gasteiger partial charge on any atom is 0.339 e. The van der Waals surface area contributed by atoms with Gasteiger partial charge in [0.25, 0.3) is 0 Å². The second-order valence-electron chi connectivity index (χ2n) is 8.15. The van der Waals surface area contributed by atoms with Gasteiger partial charge in [0.15, 0.2) is 0 Å². The van der Waals surface area contributed by atoms with Crippen LogP contribution in [0.3, 0.4) is 0 Å². The SMILES string of the molecule is CSCC(NC(=O)CCc1c(C)c2cc3c(-c4ccccc4)c(C)oc3cc2oc1=O)C(=O)O. The number of fused-ring (bicyclic) bond motifs is 2. The van der Waals surface area contributed by atoms with Gasteiger partial charge in [-0.15, -0.1) is 0 Å². The third kappa shape index (κ3) is 4.59. The third-order valence-corrected chi connectivity index (χ3v) is 6.57. The molecule has 0 fully saturated rings. The predicted octanol–water partition coefficient (Wildman–Crippen LogP) is 4.69. The summed E-state index contributed by atoms with van der Waals surface area (Å²) in [4.78, 5) is 36.3. The highest BCUT2D eigenvalue weighted by molar-refractivity contribution is 7.98. The molecule has 4 rings (SSSR count). The summed E-state index contributed by atoms with van der Waals surface area (Å²) < 4.78 is 11.5. The molecule has 0 aliphatic rings. The molecule has 7 nitrogen and oxygen atoms in total. The number of benzene rings is 2. The van der Waals surface area contributed by atoms with Crippen LogP contribution in [0.5, 0.6) is 0 Å². The van der Waals surface area contributed by atoms with Crippen molar-refractivity contribution >= 4 is 45.6 Å². The molecule has 2 N–H and O–H groups in total. The molecule has 1 atom stereocenters. The molecule has 2 heterocycles. The van der Waals surface area contributed by atoms with Crippen LogP contribution in [0, 0.1) is 13.8 Å². The lowest BCUT2D eigenvalue weighted by Crippen LogP contribution is -2.42. The molecule has 34 heavy (non-hydrogen) atoms. The Kier molecular flexibility index (Phi) is 6.79. The molecule has 0 saturated heterocycles. The maximum absolute atomic E-state index is 12.7. The number of carboxylic acids is 1. The van der Waals surface area contributed by atoms with E-state index >= 15 is 0 Å². The van der Waals surface area contributed by atoms with Gasteiger partial charge in [-0.1, -0.05) is 30.3 Å². The lowest BCUT2D eigenvalue weighted by Gasteiger charge is -2.13. The second kappa shape index (κ2) is 9.77. The molecule has 1 amide bonds. The first-order valence-corrected chi connectivity index (χ1v) is 12.3. The van der Waals surface area contributed by atoms with Crippen molar-refractivity contribution in [3.05, 3.63) is 69.8 Å². The van der Waals surface area contributed by atoms with Crippen LogP contribution in [-0.4, -0.2) is 35.0 Å². The van der Waals surface area contributed by atoms with E-state index in [-0.39, 0.29) is 18.6 Å². The third-order valence-electron chi connectivity index (χ3n) is 5.90. The Morgan fingerprint density at radius 2 is 1.76 bits per heavy atom. The van der Waals surface area contributed by atoms with Crippen molar-refractivity contribution in [1.82, 2.24) is 5.32 Å². The van der Waals surface area contributed by atoms with Crippen molar-refractivity contribution in [2.45, 2.75) is 32.7 Å². The molecule has 1 unspecified atom stereocenters. The molecule has 0 aliphatic heterocycles. The van der Waals surface area contributed by atoms with Crippen molar-refractivity contribution in [2.24, 2.45) is 0 Å². The van der Waals surface area contributed by atoms with Crippen molar-refractivity contribution in [3.63, 3.8) is 0 Å². The van der Waals surface area contributed by atoms with Crippen LogP contribution in [0.15, 0.2) is 56.1 Å². The van der Waals surface area contributed by atoms with E-state index in [9.17, 15) is 19.5 Å². The van der Waals surface area contributed by atoms with Crippen molar-refractivity contribution < 1.29 is 23.5 Å². The number of thioether (sulfide) groups is 1. The predicted molar refractivity (Wildman–Crippen MR) is 133 cm³/mol. The van der Waals surface area contributed by atoms with Crippen molar-refractivity contribution in [1.29, 1.82) is 0 Å². The van der Waals surface area contributed by atoms with Gasteiger partial charge in [0, 0.05) is 40.1 Å². The van der Waals surface area contributed by atoms with Gasteiger partial charge in [0.2, 0.25) is 5.91 Å². The molecule has 4 aromatic rings. The van der Waals surface area contributed by atoms with E-state index in [2.05, 4.69) is 5.32 Å². The van der Waals surface area contributed by atoms with Gasteiger partial charge in [-0.25, -0.2) is 9.59 Å². The summed E-state index contributed by atoms with van der Waals surface area (Å²) in [6, 6.07) is 12.7. The summed E-state index contributed by atoms with van der Waals surface area (Å²) in [6.07, 6.45) is 1.90. The zero-order chi connectivity index (χ0) is 24.4. The normalized spacial score (nSPS) is 12.2. The van der Waals surface area contributed by atoms with Crippen LogP contribution in [0.1, 0.15) is 23.3 Å². The first-order chi connectivity index (χ1) is 16.3. The van der Waals surface area contributed by atoms with E-state index < -0.39 is 23.5 Å². The van der Waals surface area contributed by atoms with E-state index in [1.807, 2.05) is 50.2 Å². The van der Waals surface area contributed by atoms with Crippen LogP contribution in [0.25, 0.3) is 33.1 Å². The van der Waals surface area contributed by atoms with E-state index in [0.29, 0.717) is 16.7 Å². The largest absolute Gasteiger partial charge is 0.480 e. The van der Waals surface area contributed by atoms with Gasteiger partial charge in [-0.05, 0) is 43.7 Å². The number of rotatable bonds is 8. The minimum Gasteiger partial charge on any atom is -0.480 e. The molecule has 2 aromatic carbocycles. The average molecular weight is 480 g/mol. The topological polar surface area (TPSA) is 110 Å². The zero-order valence-corrected chi connectivity index (χ0v) is 20.0. The summed E-state index contributed by atoms with van der Waals surface area (Å²) in [6.45, 7) is 3.74. The molecule has 0 radical (unpaired) electrons. The Morgan fingerprint density at radius 1 is 1.06 bits per heavy atom. The lowest BCUT2D eigenvalue weighted by molar-refractivity contribution is -0.141. The standard InChI is InChI=1S/C26H25NO6S/c1-14-17(9-10-23(28)27-20(13-34-3)25(29)30)26(31)33-21-12-22-19(11-18(14)21)24(15(2)32-22)16-7-5-4-6-8-16/h4-8,11-12,20H,9-10,13H2,1-3H3,(H,27,28)(H,29,30). The van der Waals surface area contributed by atoms with Gasteiger partial charge >= 0.3 is 11.6 Å². The molecule has 0 aliphatic carbocycles. The molecule has 0 saturated carbocycles. The molecule has 8 heteroatoms. The summed E-state index contributed by atoms with van der Waals surface area (Å²) >= 11 is 1.33. The van der Waals surface area contributed by atoms with Crippen LogP contribution in [-0.2, 0) is 16.0 Å². The number of aryl methyl sites for hydroxylation is 2. The Bertz CT molecular complexity index is 1440. The number of carboxylic acid groups (broad SMARTS) is 1. The molecular weight excluding hydrogens is 454 g/mol. The second-order valence-corrected chi connectivity index (χ2v) is 9.06. The number of amides is 1. The number of hydrogen-bond donors (Lipinski definition) is 2. The highest BCUT2D eigenvalue weighted by Gasteiger charge is 2.21. The fourth-order valence-electron chi connectivity index (χ4n) is 4.20. The number of aliphatic carboxylic acids is 1. The molecule has 176 valence electrons. The number of furan rings is 1. The average Bonchev–Trinajstić information content (AvgIpc) is 3.12. The number of hydrogen-bond acceptors (Lipinski definition) is 6. The van der Waals surface area contributed by atoms with Crippen LogP contribution in [0.2, 0.25) is 0 Å². The van der Waals surface area contributed by atoms with Gasteiger partial charge in [0.1, 0.15) is 23.0 Å². The van der Waals surface area contributed by atoms with Crippen LogP contribution < -0.4 is 10.9 Å². The first-order valence-electron chi connectivity index (χ1n) is 10.9. The maximum atomic E-state index is 12.7. The number of carbonyl (C=O) groups is 2. The van der Waals surface area contributed by atoms with E-state index in [1.54, 1.807) is 12.3 Å². The van der Waals surface area contributed by atoms with Crippen molar-refractivity contribution in [3.8, 4) is 11.1 Å². The minimum absolute atomic E-state index is 0.0163. The fraction of sp³-hybridized carbons (Fsp3) is 0.269. The summed E-state index contributed by atoms with van der Waals surface area (Å²) in [7, 11) is 0. The zero-order valence-electron chi connectivity index (χ0n) is 19.1. The van der Waals surface area contributed by atoms with Gasteiger partial charge in [-0.2, -0.15) is 11.8 Å². The Morgan fingerprint density at radius 3 is 2.44 bits per heavy atom. The van der Waals surface area contributed by atoms with Crippen LogP contribution in [0.4, 0.5) is 0 Å². The van der Waals surface area contributed by atoms with Crippen molar-refractivity contribution in [2.75, 3.05) is 12.0 Å². The highest BCUT2D eigenvalue weighted by atomic mass is 32.2. The minimum atomic E-state index is -1.09. The van der Waals surface area contributed by atoms with Gasteiger partial charge in [0.05, 0.1) is 0 Å². The molecule has 0 bridgehead atoms. The van der Waals surface area contributed by atoms with E-state index in [0.717, 1.165) is 33.2 Å². The Balaban J connectivity index is 1.69. The Hall–Kier alpha value is -3.52. The lowest BCUT2D eigenvalue weighted by atomic mass is 9.98. The molecule has 0 spiro atoms. The quantitative estimate of drug-likeness (QED) is 0.353. The smallest absolute Gasteiger partial charge is 0.339 e. The highest BCUT2D eigenvalue weighted by Crippen LogP contribution is 2.37. The summed E-state index contributed by atoms with van der Waals surface area (Å²) in [5, 5.41) is 13.4. The monoisotopic (exact) mass is 479 g/mol. The molecule has 2 aromatic heterocycles. The van der Waals surface area contributed by atoms with Gasteiger partial charge < -0.3 is 19.3 Å². The number of nitrogens with one attached hydrogen (secondary N) is 1. The molecular formula is C26H25NO6S. The first kappa shape index (κ1) is 23.6. The van der Waals surface area contributed by atoms with E-state index in [1.165, 1.54) is 11.8 Å². The Labute approximate surface area is 200 Å². The number of carbonyl (C=O) groups excluding carboxylic acids is 1. The van der Waals surface area contributed by atoms with Gasteiger partial charge in [-0.3, -0.25) is 4.79 Å². The summed E-state index contributed by atoms with van der Waals surface area (Å²) in [5.74, 6) is -0.473. The fourth-order valence-corrected chi connectivity index (χ4v) is 4.76. The summed E-state index contributed by atoms with van der Waals surface area (Å²) in [5.41, 5.74) is 3.69. The van der Waals surface area contributed by atoms with E-state index in [4.69, 9.17) is 8.83 Å². The van der Waals surface area contributed by atoms with Crippen LogP contribution >= 0.6 is 11.8 Å².